The predicted octanol–water partition coefficient (Wildman–Crippen LogP) is 4.55. The Kier molecular flexibility index (Phi) is 3.90. The monoisotopic (exact) mass is 279 g/mol. The van der Waals surface area contributed by atoms with Crippen LogP contribution >= 0.6 is 23.2 Å². The van der Waals surface area contributed by atoms with Crippen molar-refractivity contribution in [3.8, 4) is 0 Å². The number of aryl methyl sites for hydroxylation is 1. The first-order chi connectivity index (χ1) is 8.58. The first-order valence-electron chi connectivity index (χ1n) is 5.40. The fourth-order valence-corrected chi connectivity index (χ4v) is 2.07. The zero-order chi connectivity index (χ0) is 13.1. The third-order valence-corrected chi connectivity index (χ3v) is 3.12. The lowest BCUT2D eigenvalue weighted by molar-refractivity contribution is 0.102. The highest BCUT2D eigenvalue weighted by molar-refractivity contribution is 6.37. The molecular formula is C14H11Cl2NO. The van der Waals surface area contributed by atoms with Gasteiger partial charge in [-0.05, 0) is 36.8 Å². The summed E-state index contributed by atoms with van der Waals surface area (Å²) in [6, 6.07) is 12.4. The summed E-state index contributed by atoms with van der Waals surface area (Å²) in [5.41, 5.74) is 2.17. The second kappa shape index (κ2) is 5.42. The van der Waals surface area contributed by atoms with Crippen LogP contribution in [0.3, 0.4) is 0 Å². The minimum atomic E-state index is -0.244. The summed E-state index contributed by atoms with van der Waals surface area (Å²) in [7, 11) is 0. The van der Waals surface area contributed by atoms with Gasteiger partial charge in [0, 0.05) is 10.7 Å². The van der Waals surface area contributed by atoms with E-state index in [0.29, 0.717) is 15.6 Å². The van der Waals surface area contributed by atoms with Crippen molar-refractivity contribution in [2.24, 2.45) is 0 Å². The largest absolute Gasteiger partial charge is 0.322 e. The lowest BCUT2D eigenvalue weighted by Crippen LogP contribution is -2.13. The fourth-order valence-electron chi connectivity index (χ4n) is 1.58. The van der Waals surface area contributed by atoms with E-state index in [9.17, 15) is 4.79 Å². The van der Waals surface area contributed by atoms with Crippen LogP contribution < -0.4 is 5.32 Å². The number of hydrogen-bond donors (Lipinski definition) is 1. The van der Waals surface area contributed by atoms with Crippen LogP contribution in [0.4, 0.5) is 5.69 Å². The third-order valence-electron chi connectivity index (χ3n) is 2.57. The van der Waals surface area contributed by atoms with Crippen molar-refractivity contribution in [1.82, 2.24) is 0 Å². The molecule has 2 nitrogen and oxygen atoms in total. The van der Waals surface area contributed by atoms with Gasteiger partial charge in [0.05, 0.1) is 10.6 Å². The first-order valence-corrected chi connectivity index (χ1v) is 6.15. The maximum absolute atomic E-state index is 12.1. The van der Waals surface area contributed by atoms with Crippen molar-refractivity contribution in [2.75, 3.05) is 5.32 Å². The molecule has 0 aliphatic heterocycles. The van der Waals surface area contributed by atoms with Gasteiger partial charge >= 0.3 is 0 Å². The van der Waals surface area contributed by atoms with Gasteiger partial charge in [0.15, 0.2) is 0 Å². The lowest BCUT2D eigenvalue weighted by atomic mass is 10.1. The number of para-hydroxylation sites is 1. The second-order valence-corrected chi connectivity index (χ2v) is 4.74. The molecule has 0 saturated heterocycles. The van der Waals surface area contributed by atoms with Gasteiger partial charge in [0.25, 0.3) is 5.91 Å². The molecule has 1 amide bonds. The zero-order valence-electron chi connectivity index (χ0n) is 9.71. The van der Waals surface area contributed by atoms with Crippen molar-refractivity contribution >= 4 is 34.8 Å². The number of nitrogens with one attached hydrogen (secondary N) is 1. The Balaban J connectivity index is 2.25. The fraction of sp³-hybridized carbons (Fsp3) is 0.0714. The van der Waals surface area contributed by atoms with Gasteiger partial charge in [0.2, 0.25) is 0 Å². The van der Waals surface area contributed by atoms with Gasteiger partial charge in [0.1, 0.15) is 0 Å². The molecule has 0 radical (unpaired) electrons. The molecule has 0 unspecified atom stereocenters. The van der Waals surface area contributed by atoms with Crippen molar-refractivity contribution in [2.45, 2.75) is 6.92 Å². The quantitative estimate of drug-likeness (QED) is 0.858. The van der Waals surface area contributed by atoms with E-state index < -0.39 is 0 Å². The number of benzene rings is 2. The summed E-state index contributed by atoms with van der Waals surface area (Å²) in [5, 5.41) is 3.67. The van der Waals surface area contributed by atoms with Crippen molar-refractivity contribution in [3.05, 3.63) is 63.6 Å². The summed E-state index contributed by atoms with van der Waals surface area (Å²) in [4.78, 5) is 12.1. The van der Waals surface area contributed by atoms with Crippen molar-refractivity contribution < 1.29 is 4.79 Å². The van der Waals surface area contributed by atoms with E-state index in [2.05, 4.69) is 5.32 Å². The summed E-state index contributed by atoms with van der Waals surface area (Å²) in [6.45, 7) is 1.93. The van der Waals surface area contributed by atoms with E-state index in [1.807, 2.05) is 31.2 Å². The first kappa shape index (κ1) is 12.9. The Bertz CT molecular complexity index is 596. The minimum Gasteiger partial charge on any atom is -0.322 e. The summed E-state index contributed by atoms with van der Waals surface area (Å²) in [5.74, 6) is -0.244. The Morgan fingerprint density at radius 1 is 1.11 bits per heavy atom. The molecule has 2 rings (SSSR count). The van der Waals surface area contributed by atoms with Crippen LogP contribution in [0.2, 0.25) is 10.0 Å². The van der Waals surface area contributed by atoms with Crippen LogP contribution in [0, 0.1) is 6.92 Å². The molecule has 0 spiro atoms. The summed E-state index contributed by atoms with van der Waals surface area (Å²) < 4.78 is 0. The molecule has 2 aromatic carbocycles. The number of carbonyl (C=O) groups excluding carboxylic acids is 1. The lowest BCUT2D eigenvalue weighted by Gasteiger charge is -2.09. The predicted molar refractivity (Wildman–Crippen MR) is 75.6 cm³/mol. The molecule has 0 aliphatic rings. The average Bonchev–Trinajstić information content (AvgIpc) is 2.32. The van der Waals surface area contributed by atoms with Gasteiger partial charge in [-0.15, -0.1) is 0 Å². The minimum absolute atomic E-state index is 0.244. The van der Waals surface area contributed by atoms with Gasteiger partial charge in [-0.25, -0.2) is 0 Å². The molecular weight excluding hydrogens is 269 g/mol. The van der Waals surface area contributed by atoms with Crippen LogP contribution in [0.5, 0.6) is 0 Å². The van der Waals surface area contributed by atoms with Crippen LogP contribution in [-0.2, 0) is 0 Å². The highest BCUT2D eigenvalue weighted by Gasteiger charge is 2.11. The van der Waals surface area contributed by atoms with E-state index in [-0.39, 0.29) is 5.91 Å². The topological polar surface area (TPSA) is 29.1 Å². The smallest absolute Gasteiger partial charge is 0.257 e. The van der Waals surface area contributed by atoms with Crippen LogP contribution in [-0.4, -0.2) is 5.91 Å². The second-order valence-electron chi connectivity index (χ2n) is 3.89. The highest BCUT2D eigenvalue weighted by atomic mass is 35.5. The Morgan fingerprint density at radius 2 is 1.83 bits per heavy atom. The van der Waals surface area contributed by atoms with Crippen molar-refractivity contribution in [3.63, 3.8) is 0 Å². The van der Waals surface area contributed by atoms with Crippen LogP contribution in [0.1, 0.15) is 15.9 Å². The molecule has 0 aliphatic carbocycles. The van der Waals surface area contributed by atoms with E-state index in [1.165, 1.54) is 0 Å². The Morgan fingerprint density at radius 3 is 2.50 bits per heavy atom. The Hall–Kier alpha value is -1.51. The van der Waals surface area contributed by atoms with Crippen molar-refractivity contribution in [1.29, 1.82) is 0 Å². The summed E-state index contributed by atoms with van der Waals surface area (Å²) >= 11 is 11.8. The SMILES string of the molecule is Cc1ccccc1NC(=O)c1ccc(Cl)cc1Cl. The number of amides is 1. The van der Waals surface area contributed by atoms with Crippen LogP contribution in [0.15, 0.2) is 42.5 Å². The molecule has 0 atom stereocenters. The molecule has 0 aromatic heterocycles. The van der Waals surface area contributed by atoms with E-state index in [1.54, 1.807) is 18.2 Å². The van der Waals surface area contributed by atoms with Gasteiger partial charge in [-0.3, -0.25) is 4.79 Å². The number of halogens is 2. The number of anilines is 1. The number of carbonyl (C=O) groups is 1. The normalized spacial score (nSPS) is 10.2. The molecule has 92 valence electrons. The standard InChI is InChI=1S/C14H11Cl2NO/c1-9-4-2-3-5-13(9)17-14(18)11-7-6-10(15)8-12(11)16/h2-8H,1H3,(H,17,18). The molecule has 1 N–H and O–H groups in total. The number of hydrogen-bond acceptors (Lipinski definition) is 1. The molecule has 0 heterocycles. The summed E-state index contributed by atoms with van der Waals surface area (Å²) in [6.07, 6.45) is 0. The zero-order valence-corrected chi connectivity index (χ0v) is 11.2. The Labute approximate surface area is 116 Å². The van der Waals surface area contributed by atoms with Gasteiger partial charge in [-0.1, -0.05) is 41.4 Å². The third kappa shape index (κ3) is 2.84. The number of rotatable bonds is 2. The molecule has 0 saturated carbocycles. The molecule has 0 fully saturated rings. The molecule has 18 heavy (non-hydrogen) atoms. The van der Waals surface area contributed by atoms with E-state index in [0.717, 1.165) is 11.3 Å². The maximum Gasteiger partial charge on any atom is 0.257 e. The molecule has 0 bridgehead atoms. The molecule has 2 aromatic rings. The maximum atomic E-state index is 12.1. The van der Waals surface area contributed by atoms with E-state index >= 15 is 0 Å². The van der Waals surface area contributed by atoms with Crippen LogP contribution in [0.25, 0.3) is 0 Å². The highest BCUT2D eigenvalue weighted by Crippen LogP contribution is 2.22. The van der Waals surface area contributed by atoms with Gasteiger partial charge in [-0.2, -0.15) is 0 Å². The van der Waals surface area contributed by atoms with E-state index in [4.69, 9.17) is 23.2 Å². The molecule has 4 heteroatoms. The van der Waals surface area contributed by atoms with Gasteiger partial charge < -0.3 is 5.32 Å². The average molecular weight is 280 g/mol.